The molecule has 1 aliphatic carbocycles. The molecule has 1 aromatic carbocycles. The Morgan fingerprint density at radius 3 is 2.52 bits per heavy atom. The van der Waals surface area contributed by atoms with Gasteiger partial charge in [0.05, 0.1) is 12.8 Å². The molecule has 1 atom stereocenters. The summed E-state index contributed by atoms with van der Waals surface area (Å²) in [5, 5.41) is 0. The predicted molar refractivity (Wildman–Crippen MR) is 101 cm³/mol. The number of anilines is 1. The lowest BCUT2D eigenvalue weighted by atomic mass is 9.86. The molecule has 0 radical (unpaired) electrons. The fourth-order valence-corrected chi connectivity index (χ4v) is 3.90. The number of carbonyl (C=O) groups is 2. The van der Waals surface area contributed by atoms with Crippen LogP contribution in [0.15, 0.2) is 18.2 Å². The summed E-state index contributed by atoms with van der Waals surface area (Å²) < 4.78 is 4.94. The second-order valence-electron chi connectivity index (χ2n) is 7.11. The lowest BCUT2D eigenvalue weighted by molar-refractivity contribution is -0.143. The third kappa shape index (κ3) is 4.62. The maximum Gasteiger partial charge on any atom is 0.328 e. The average molecular weight is 345 g/mol. The van der Waals surface area contributed by atoms with E-state index in [1.54, 1.807) is 11.8 Å². The lowest BCUT2D eigenvalue weighted by Crippen LogP contribution is -2.45. The van der Waals surface area contributed by atoms with E-state index in [9.17, 15) is 9.59 Å². The highest BCUT2D eigenvalue weighted by Gasteiger charge is 2.32. The minimum atomic E-state index is -0.618. The Hall–Kier alpha value is -1.84. The molecule has 1 saturated carbocycles. The topological polar surface area (TPSA) is 46.6 Å². The molecule has 0 spiro atoms. The number of carbonyl (C=O) groups excluding carboxylic acids is 2. The van der Waals surface area contributed by atoms with Crippen molar-refractivity contribution < 1.29 is 14.3 Å². The summed E-state index contributed by atoms with van der Waals surface area (Å²) in [6.07, 6.45) is 7.23. The fourth-order valence-electron chi connectivity index (χ4n) is 3.90. The van der Waals surface area contributed by atoms with Crippen LogP contribution in [0.3, 0.4) is 0 Å². The highest BCUT2D eigenvalue weighted by atomic mass is 16.5. The third-order valence-electron chi connectivity index (χ3n) is 5.33. The van der Waals surface area contributed by atoms with E-state index in [0.29, 0.717) is 12.3 Å². The van der Waals surface area contributed by atoms with E-state index < -0.39 is 6.04 Å². The maximum atomic E-state index is 13.2. The Kier molecular flexibility index (Phi) is 7.03. The molecule has 1 aromatic rings. The smallest absolute Gasteiger partial charge is 0.328 e. The van der Waals surface area contributed by atoms with E-state index in [0.717, 1.165) is 36.1 Å². The first-order valence-electron chi connectivity index (χ1n) is 9.48. The number of nitrogens with zero attached hydrogens (tertiary/aromatic N) is 1. The molecule has 1 fully saturated rings. The first-order chi connectivity index (χ1) is 12.0. The van der Waals surface area contributed by atoms with Crippen LogP contribution in [0.25, 0.3) is 0 Å². The Labute approximate surface area is 151 Å². The van der Waals surface area contributed by atoms with Gasteiger partial charge in [-0.15, -0.1) is 0 Å². The van der Waals surface area contributed by atoms with Gasteiger partial charge in [0, 0.05) is 6.42 Å². The molecule has 0 heterocycles. The van der Waals surface area contributed by atoms with E-state index in [1.165, 1.54) is 26.4 Å². The van der Waals surface area contributed by atoms with Gasteiger partial charge in [0.2, 0.25) is 5.91 Å². The SMILES string of the molecule is CCc1cccc(C)c1N(C(=O)CC1CCCCC1)C(C)C(=O)OC. The minimum absolute atomic E-state index is 0.0359. The summed E-state index contributed by atoms with van der Waals surface area (Å²) in [6, 6.07) is 5.42. The molecule has 1 amide bonds. The zero-order valence-corrected chi connectivity index (χ0v) is 16.0. The maximum absolute atomic E-state index is 13.2. The molecular weight excluding hydrogens is 314 g/mol. The molecule has 138 valence electrons. The van der Waals surface area contributed by atoms with Crippen LogP contribution in [-0.4, -0.2) is 25.0 Å². The van der Waals surface area contributed by atoms with Gasteiger partial charge in [-0.25, -0.2) is 4.79 Å². The summed E-state index contributed by atoms with van der Waals surface area (Å²) in [5.41, 5.74) is 2.99. The van der Waals surface area contributed by atoms with Gasteiger partial charge in [-0.1, -0.05) is 44.4 Å². The number of hydrogen-bond acceptors (Lipinski definition) is 3. The van der Waals surface area contributed by atoms with Crippen molar-refractivity contribution in [3.63, 3.8) is 0 Å². The number of benzene rings is 1. The number of aryl methyl sites for hydroxylation is 2. The summed E-state index contributed by atoms with van der Waals surface area (Å²) in [4.78, 5) is 27.1. The van der Waals surface area contributed by atoms with Gasteiger partial charge in [-0.05, 0) is 50.2 Å². The van der Waals surface area contributed by atoms with E-state index in [1.807, 2.05) is 25.1 Å². The molecule has 0 aromatic heterocycles. The molecule has 25 heavy (non-hydrogen) atoms. The number of ether oxygens (including phenoxy) is 1. The normalized spacial score (nSPS) is 16.3. The monoisotopic (exact) mass is 345 g/mol. The molecule has 0 aliphatic heterocycles. The van der Waals surface area contributed by atoms with Gasteiger partial charge in [-0.3, -0.25) is 9.69 Å². The number of esters is 1. The average Bonchev–Trinajstić information content (AvgIpc) is 2.63. The van der Waals surface area contributed by atoms with Gasteiger partial charge in [0.25, 0.3) is 0 Å². The largest absolute Gasteiger partial charge is 0.467 e. The van der Waals surface area contributed by atoms with Crippen molar-refractivity contribution >= 4 is 17.6 Å². The first kappa shape index (κ1) is 19.5. The van der Waals surface area contributed by atoms with Crippen LogP contribution in [0.2, 0.25) is 0 Å². The summed E-state index contributed by atoms with van der Waals surface area (Å²) in [7, 11) is 1.38. The van der Waals surface area contributed by atoms with Crippen LogP contribution < -0.4 is 4.90 Å². The van der Waals surface area contributed by atoms with Crippen molar-refractivity contribution in [2.45, 2.75) is 71.8 Å². The van der Waals surface area contributed by atoms with Gasteiger partial charge in [-0.2, -0.15) is 0 Å². The quantitative estimate of drug-likeness (QED) is 0.717. The summed E-state index contributed by atoms with van der Waals surface area (Å²) >= 11 is 0. The second kappa shape index (κ2) is 9.02. The minimum Gasteiger partial charge on any atom is -0.467 e. The number of rotatable bonds is 6. The zero-order chi connectivity index (χ0) is 18.4. The van der Waals surface area contributed by atoms with Crippen LogP contribution in [0.4, 0.5) is 5.69 Å². The van der Waals surface area contributed by atoms with Gasteiger partial charge >= 0.3 is 5.97 Å². The van der Waals surface area contributed by atoms with E-state index in [4.69, 9.17) is 4.74 Å². The van der Waals surface area contributed by atoms with E-state index in [2.05, 4.69) is 6.92 Å². The summed E-state index contributed by atoms with van der Waals surface area (Å²) in [6.45, 7) is 5.83. The van der Waals surface area contributed by atoms with Crippen molar-refractivity contribution in [2.24, 2.45) is 5.92 Å². The number of methoxy groups -OCH3 is 1. The molecule has 4 nitrogen and oxygen atoms in total. The highest BCUT2D eigenvalue weighted by Crippen LogP contribution is 2.32. The lowest BCUT2D eigenvalue weighted by Gasteiger charge is -2.32. The van der Waals surface area contributed by atoms with Crippen LogP contribution >= 0.6 is 0 Å². The van der Waals surface area contributed by atoms with Crippen molar-refractivity contribution in [3.8, 4) is 0 Å². The Morgan fingerprint density at radius 2 is 1.92 bits per heavy atom. The fraction of sp³-hybridized carbons (Fsp3) is 0.619. The van der Waals surface area contributed by atoms with Crippen LogP contribution in [0.5, 0.6) is 0 Å². The van der Waals surface area contributed by atoms with E-state index in [-0.39, 0.29) is 11.9 Å². The zero-order valence-electron chi connectivity index (χ0n) is 16.0. The summed E-state index contributed by atoms with van der Waals surface area (Å²) in [5.74, 6) is 0.0961. The first-order valence-corrected chi connectivity index (χ1v) is 9.48. The van der Waals surface area contributed by atoms with Crippen LogP contribution in [0.1, 0.15) is 63.5 Å². The van der Waals surface area contributed by atoms with Gasteiger partial charge in [0.1, 0.15) is 6.04 Å². The number of para-hydroxylation sites is 1. The Balaban J connectivity index is 2.36. The second-order valence-corrected chi connectivity index (χ2v) is 7.11. The standard InChI is InChI=1S/C21H31NO3/c1-5-18-13-9-10-15(2)20(18)22(16(3)21(24)25-4)19(23)14-17-11-7-6-8-12-17/h9-10,13,16-17H,5-8,11-12,14H2,1-4H3. The van der Waals surface area contributed by atoms with E-state index >= 15 is 0 Å². The molecule has 2 rings (SSSR count). The van der Waals surface area contributed by atoms with Crippen molar-refractivity contribution in [1.29, 1.82) is 0 Å². The van der Waals surface area contributed by atoms with Crippen molar-refractivity contribution in [1.82, 2.24) is 0 Å². The highest BCUT2D eigenvalue weighted by molar-refractivity contribution is 6.00. The molecular formula is C21H31NO3. The van der Waals surface area contributed by atoms with Crippen LogP contribution in [-0.2, 0) is 20.7 Å². The molecule has 0 N–H and O–H groups in total. The molecule has 4 heteroatoms. The molecule has 0 saturated heterocycles. The van der Waals surface area contributed by atoms with Crippen LogP contribution in [0, 0.1) is 12.8 Å². The molecule has 1 aliphatic rings. The van der Waals surface area contributed by atoms with Gasteiger partial charge < -0.3 is 4.74 Å². The number of amides is 1. The Bertz CT molecular complexity index is 605. The molecule has 0 bridgehead atoms. The number of hydrogen-bond donors (Lipinski definition) is 0. The Morgan fingerprint density at radius 1 is 1.24 bits per heavy atom. The third-order valence-corrected chi connectivity index (χ3v) is 5.33. The van der Waals surface area contributed by atoms with Crippen molar-refractivity contribution in [2.75, 3.05) is 12.0 Å². The van der Waals surface area contributed by atoms with Crippen molar-refractivity contribution in [3.05, 3.63) is 29.3 Å². The van der Waals surface area contributed by atoms with Gasteiger partial charge in [0.15, 0.2) is 0 Å². The predicted octanol–water partition coefficient (Wildman–Crippen LogP) is 4.42. The molecule has 1 unspecified atom stereocenters.